The highest BCUT2D eigenvalue weighted by Crippen LogP contribution is 2.19. The summed E-state index contributed by atoms with van der Waals surface area (Å²) >= 11 is 5.21. The molecule has 1 aromatic carbocycles. The Balaban J connectivity index is 1.56. The summed E-state index contributed by atoms with van der Waals surface area (Å²) in [4.78, 5) is 10.2. The van der Waals surface area contributed by atoms with Crippen molar-refractivity contribution in [3.63, 3.8) is 0 Å². The van der Waals surface area contributed by atoms with Crippen LogP contribution in [0.4, 0.5) is 5.82 Å². The van der Waals surface area contributed by atoms with Crippen molar-refractivity contribution in [2.45, 2.75) is 32.1 Å². The minimum Gasteiger partial charge on any atom is -0.369 e. The summed E-state index contributed by atoms with van der Waals surface area (Å²) in [6.45, 7) is 4.63. The van der Waals surface area contributed by atoms with Gasteiger partial charge in [0.15, 0.2) is 4.77 Å². The largest absolute Gasteiger partial charge is 0.369 e. The fourth-order valence-electron chi connectivity index (χ4n) is 3.11. The number of nitrogens with zero attached hydrogens (tertiary/aromatic N) is 2. The number of fused-ring (bicyclic) bond motifs is 1. The molecule has 2 aromatic rings. The van der Waals surface area contributed by atoms with E-state index < -0.39 is 0 Å². The van der Waals surface area contributed by atoms with Crippen molar-refractivity contribution in [3.05, 3.63) is 29.0 Å². The quantitative estimate of drug-likeness (QED) is 0.647. The fourth-order valence-corrected chi connectivity index (χ4v) is 3.31. The summed E-state index contributed by atoms with van der Waals surface area (Å²) in [6.07, 6.45) is 6.64. The van der Waals surface area contributed by atoms with Gasteiger partial charge in [-0.15, -0.1) is 0 Å². The standard InChI is InChI=1S/C17H24N4S/c22-17-19-15-9-4-3-8-14(15)16(20-17)18-10-7-13-21-11-5-1-2-6-12-21/h3-4,8-9H,1-2,5-7,10-13H2,(H2,18,19,20,22). The zero-order valence-electron chi connectivity index (χ0n) is 13.0. The van der Waals surface area contributed by atoms with Crippen LogP contribution >= 0.6 is 12.2 Å². The Kier molecular flexibility index (Phi) is 5.40. The van der Waals surface area contributed by atoms with Crippen LogP contribution in [0, 0.1) is 4.77 Å². The van der Waals surface area contributed by atoms with Gasteiger partial charge in [0.2, 0.25) is 0 Å². The van der Waals surface area contributed by atoms with E-state index in [9.17, 15) is 0 Å². The second-order valence-corrected chi connectivity index (χ2v) is 6.36. The van der Waals surface area contributed by atoms with Crippen LogP contribution in [0.3, 0.4) is 0 Å². The van der Waals surface area contributed by atoms with Crippen LogP contribution in [0.1, 0.15) is 32.1 Å². The summed E-state index contributed by atoms with van der Waals surface area (Å²) in [6, 6.07) is 8.15. The Morgan fingerprint density at radius 2 is 1.91 bits per heavy atom. The van der Waals surface area contributed by atoms with E-state index in [0.717, 1.165) is 29.7 Å². The molecule has 2 N–H and O–H groups in total. The number of hydrogen-bond donors (Lipinski definition) is 2. The lowest BCUT2D eigenvalue weighted by atomic mass is 10.2. The minimum atomic E-state index is 0.536. The number of para-hydroxylation sites is 1. The van der Waals surface area contributed by atoms with E-state index in [-0.39, 0.29) is 0 Å². The van der Waals surface area contributed by atoms with E-state index in [4.69, 9.17) is 12.2 Å². The first-order valence-corrected chi connectivity index (χ1v) is 8.69. The summed E-state index contributed by atoms with van der Waals surface area (Å²) in [5.74, 6) is 0.898. The molecule has 1 aliphatic rings. The summed E-state index contributed by atoms with van der Waals surface area (Å²) in [5.41, 5.74) is 1.04. The zero-order chi connectivity index (χ0) is 15.2. The summed E-state index contributed by atoms with van der Waals surface area (Å²) in [7, 11) is 0. The molecular weight excluding hydrogens is 292 g/mol. The topological polar surface area (TPSA) is 44.0 Å². The van der Waals surface area contributed by atoms with Crippen LogP contribution < -0.4 is 5.32 Å². The van der Waals surface area contributed by atoms with Gasteiger partial charge >= 0.3 is 0 Å². The molecule has 1 aliphatic heterocycles. The Morgan fingerprint density at radius 3 is 2.73 bits per heavy atom. The predicted molar refractivity (Wildman–Crippen MR) is 94.9 cm³/mol. The number of benzene rings is 1. The lowest BCUT2D eigenvalue weighted by Gasteiger charge is -2.19. The molecule has 1 fully saturated rings. The molecule has 0 saturated carbocycles. The van der Waals surface area contributed by atoms with Crippen LogP contribution in [-0.2, 0) is 0 Å². The summed E-state index contributed by atoms with van der Waals surface area (Å²) < 4.78 is 0.536. The van der Waals surface area contributed by atoms with Gasteiger partial charge in [0.1, 0.15) is 5.82 Å². The lowest BCUT2D eigenvalue weighted by Crippen LogP contribution is -2.27. The molecule has 2 heterocycles. The van der Waals surface area contributed by atoms with Crippen LogP contribution in [0.15, 0.2) is 24.3 Å². The van der Waals surface area contributed by atoms with Crippen LogP contribution in [0.5, 0.6) is 0 Å². The van der Waals surface area contributed by atoms with Crippen molar-refractivity contribution in [1.29, 1.82) is 0 Å². The lowest BCUT2D eigenvalue weighted by molar-refractivity contribution is 0.284. The van der Waals surface area contributed by atoms with Crippen molar-refractivity contribution in [3.8, 4) is 0 Å². The highest BCUT2D eigenvalue weighted by molar-refractivity contribution is 7.71. The molecule has 0 aliphatic carbocycles. The number of aromatic amines is 1. The molecule has 0 amide bonds. The first kappa shape index (κ1) is 15.4. The van der Waals surface area contributed by atoms with Crippen molar-refractivity contribution < 1.29 is 0 Å². The molecule has 0 radical (unpaired) electrons. The van der Waals surface area contributed by atoms with Gasteiger partial charge in [-0.1, -0.05) is 25.0 Å². The Hall–Kier alpha value is -1.46. The molecule has 0 bridgehead atoms. The van der Waals surface area contributed by atoms with Crippen molar-refractivity contribution in [2.75, 3.05) is 31.5 Å². The second-order valence-electron chi connectivity index (χ2n) is 5.97. The number of aromatic nitrogens is 2. The third kappa shape index (κ3) is 4.05. The van der Waals surface area contributed by atoms with Gasteiger partial charge in [0.25, 0.3) is 0 Å². The fraction of sp³-hybridized carbons (Fsp3) is 0.529. The monoisotopic (exact) mass is 316 g/mol. The van der Waals surface area contributed by atoms with Crippen LogP contribution in [0.25, 0.3) is 10.9 Å². The molecule has 118 valence electrons. The first-order chi connectivity index (χ1) is 10.8. The van der Waals surface area contributed by atoms with E-state index in [1.54, 1.807) is 0 Å². The number of H-pyrrole nitrogens is 1. The average Bonchev–Trinajstić information content (AvgIpc) is 2.80. The van der Waals surface area contributed by atoms with Crippen molar-refractivity contribution >= 4 is 28.9 Å². The van der Waals surface area contributed by atoms with E-state index in [1.807, 2.05) is 18.2 Å². The highest BCUT2D eigenvalue weighted by Gasteiger charge is 2.08. The molecule has 1 saturated heterocycles. The van der Waals surface area contributed by atoms with Crippen LogP contribution in [0.2, 0.25) is 0 Å². The molecule has 0 spiro atoms. The van der Waals surface area contributed by atoms with Gasteiger partial charge in [-0.3, -0.25) is 0 Å². The van der Waals surface area contributed by atoms with Crippen molar-refractivity contribution in [2.24, 2.45) is 0 Å². The van der Waals surface area contributed by atoms with Gasteiger partial charge in [-0.2, -0.15) is 0 Å². The van der Waals surface area contributed by atoms with Crippen LogP contribution in [-0.4, -0.2) is 41.0 Å². The molecule has 1 aromatic heterocycles. The smallest absolute Gasteiger partial charge is 0.199 e. The SMILES string of the molecule is S=c1nc(NCCCN2CCCCCC2)c2ccccc2[nH]1. The van der Waals surface area contributed by atoms with Crippen molar-refractivity contribution in [1.82, 2.24) is 14.9 Å². The van der Waals surface area contributed by atoms with Gasteiger partial charge in [0, 0.05) is 11.9 Å². The second kappa shape index (κ2) is 7.70. The molecule has 22 heavy (non-hydrogen) atoms. The van der Waals surface area contributed by atoms with Gasteiger partial charge in [0.05, 0.1) is 5.52 Å². The molecule has 0 unspecified atom stereocenters. The maximum atomic E-state index is 5.21. The minimum absolute atomic E-state index is 0.536. The highest BCUT2D eigenvalue weighted by atomic mass is 32.1. The third-order valence-corrected chi connectivity index (χ3v) is 4.47. The molecule has 3 rings (SSSR count). The number of likely N-dealkylation sites (tertiary alicyclic amines) is 1. The van der Waals surface area contributed by atoms with E-state index in [0.29, 0.717) is 4.77 Å². The Morgan fingerprint density at radius 1 is 1.14 bits per heavy atom. The average molecular weight is 316 g/mol. The first-order valence-electron chi connectivity index (χ1n) is 8.28. The molecule has 5 heteroatoms. The van der Waals surface area contributed by atoms with E-state index >= 15 is 0 Å². The number of anilines is 1. The zero-order valence-corrected chi connectivity index (χ0v) is 13.8. The molecule has 0 atom stereocenters. The van der Waals surface area contributed by atoms with E-state index in [2.05, 4.69) is 26.3 Å². The van der Waals surface area contributed by atoms with Gasteiger partial charge in [-0.05, 0) is 63.2 Å². The third-order valence-electron chi connectivity index (χ3n) is 4.28. The maximum absolute atomic E-state index is 5.21. The molecular formula is C17H24N4S. The van der Waals surface area contributed by atoms with E-state index in [1.165, 1.54) is 45.3 Å². The Labute approximate surface area is 136 Å². The summed E-state index contributed by atoms with van der Waals surface area (Å²) in [5, 5.41) is 4.56. The number of hydrogen-bond acceptors (Lipinski definition) is 4. The number of rotatable bonds is 5. The normalized spacial score (nSPS) is 16.5. The van der Waals surface area contributed by atoms with Gasteiger partial charge < -0.3 is 15.2 Å². The maximum Gasteiger partial charge on any atom is 0.199 e. The molecule has 4 nitrogen and oxygen atoms in total. The predicted octanol–water partition coefficient (Wildman–Crippen LogP) is 3.97. The van der Waals surface area contributed by atoms with Gasteiger partial charge in [-0.25, -0.2) is 4.98 Å². The number of nitrogens with one attached hydrogen (secondary N) is 2. The Bertz CT molecular complexity index is 659.